The number of rotatable bonds is 4. The number of hydrogen-bond acceptors (Lipinski definition) is 7. The van der Waals surface area contributed by atoms with Crippen molar-refractivity contribution in [2.45, 2.75) is 48.3 Å². The SMILES string of the molecule is N#Cc1ccc(Sc2nnc(-c3ccncc3)n2C2CCCCC2)nn1. The Morgan fingerprint density at radius 3 is 2.46 bits per heavy atom. The lowest BCUT2D eigenvalue weighted by molar-refractivity contribution is 0.339. The molecule has 1 saturated carbocycles. The highest BCUT2D eigenvalue weighted by Crippen LogP contribution is 2.36. The molecule has 0 bridgehead atoms. The summed E-state index contributed by atoms with van der Waals surface area (Å²) in [5.74, 6) is 0.864. The molecule has 8 heteroatoms. The van der Waals surface area contributed by atoms with Crippen LogP contribution in [0.3, 0.4) is 0 Å². The van der Waals surface area contributed by atoms with Gasteiger partial charge in [-0.25, -0.2) is 0 Å². The number of nitriles is 1. The quantitative estimate of drug-likeness (QED) is 0.698. The van der Waals surface area contributed by atoms with Gasteiger partial charge >= 0.3 is 0 Å². The van der Waals surface area contributed by atoms with Gasteiger partial charge in [-0.1, -0.05) is 19.3 Å². The molecule has 130 valence electrons. The number of pyridine rings is 1. The van der Waals surface area contributed by atoms with Gasteiger partial charge in [-0.3, -0.25) is 9.55 Å². The van der Waals surface area contributed by atoms with Crippen LogP contribution >= 0.6 is 11.8 Å². The number of hydrogen-bond donors (Lipinski definition) is 0. The molecule has 0 unspecified atom stereocenters. The Labute approximate surface area is 155 Å². The molecule has 0 amide bonds. The van der Waals surface area contributed by atoms with Crippen molar-refractivity contribution in [3.63, 3.8) is 0 Å². The van der Waals surface area contributed by atoms with E-state index in [-0.39, 0.29) is 0 Å². The molecule has 4 rings (SSSR count). The number of aromatic nitrogens is 6. The van der Waals surface area contributed by atoms with E-state index in [0.717, 1.165) is 29.4 Å². The highest BCUT2D eigenvalue weighted by molar-refractivity contribution is 7.99. The van der Waals surface area contributed by atoms with Gasteiger partial charge in [0.1, 0.15) is 11.1 Å². The third-order valence-corrected chi connectivity index (χ3v) is 5.38. The van der Waals surface area contributed by atoms with Crippen molar-refractivity contribution in [2.75, 3.05) is 0 Å². The van der Waals surface area contributed by atoms with Gasteiger partial charge in [-0.2, -0.15) is 5.26 Å². The minimum atomic E-state index is 0.306. The molecule has 1 aliphatic carbocycles. The number of nitrogens with zero attached hydrogens (tertiary/aromatic N) is 7. The van der Waals surface area contributed by atoms with Crippen molar-refractivity contribution in [1.82, 2.24) is 29.9 Å². The zero-order chi connectivity index (χ0) is 17.8. The van der Waals surface area contributed by atoms with Gasteiger partial charge in [0.05, 0.1) is 0 Å². The van der Waals surface area contributed by atoms with E-state index < -0.39 is 0 Å². The Morgan fingerprint density at radius 2 is 1.77 bits per heavy atom. The zero-order valence-electron chi connectivity index (χ0n) is 14.1. The third-order valence-electron chi connectivity index (χ3n) is 4.49. The first-order valence-corrected chi connectivity index (χ1v) is 9.44. The van der Waals surface area contributed by atoms with Crippen molar-refractivity contribution in [1.29, 1.82) is 5.26 Å². The van der Waals surface area contributed by atoms with Crippen molar-refractivity contribution in [3.8, 4) is 17.5 Å². The van der Waals surface area contributed by atoms with E-state index >= 15 is 0 Å². The normalized spacial score (nSPS) is 14.9. The maximum absolute atomic E-state index is 8.87. The topological polar surface area (TPSA) is 93.2 Å². The van der Waals surface area contributed by atoms with Gasteiger partial charge in [0.25, 0.3) is 0 Å². The molecule has 0 spiro atoms. The van der Waals surface area contributed by atoms with E-state index in [1.54, 1.807) is 24.5 Å². The molecule has 0 saturated heterocycles. The molecule has 1 fully saturated rings. The molecular weight excluding hydrogens is 346 g/mol. The highest BCUT2D eigenvalue weighted by Gasteiger charge is 2.24. The minimum absolute atomic E-state index is 0.306. The Hall–Kier alpha value is -2.79. The molecule has 3 aromatic rings. The molecule has 1 aliphatic rings. The molecule has 0 aromatic carbocycles. The fourth-order valence-electron chi connectivity index (χ4n) is 3.24. The lowest BCUT2D eigenvalue weighted by Gasteiger charge is -2.25. The van der Waals surface area contributed by atoms with Gasteiger partial charge < -0.3 is 0 Å². The van der Waals surface area contributed by atoms with E-state index in [9.17, 15) is 0 Å². The Kier molecular flexibility index (Phi) is 4.88. The van der Waals surface area contributed by atoms with Crippen molar-refractivity contribution in [2.24, 2.45) is 0 Å². The van der Waals surface area contributed by atoms with E-state index in [1.807, 2.05) is 18.2 Å². The van der Waals surface area contributed by atoms with Crippen LogP contribution in [0.5, 0.6) is 0 Å². The standard InChI is InChI=1S/C18H17N7S/c19-12-14-6-7-16(22-21-14)26-18-24-23-17(13-8-10-20-11-9-13)25(18)15-4-2-1-3-5-15/h6-11,15H,1-5H2. The summed E-state index contributed by atoms with van der Waals surface area (Å²) in [6.45, 7) is 0. The second-order valence-electron chi connectivity index (χ2n) is 6.17. The second kappa shape index (κ2) is 7.62. The van der Waals surface area contributed by atoms with Crippen LogP contribution in [0.4, 0.5) is 0 Å². The van der Waals surface area contributed by atoms with Crippen LogP contribution in [-0.4, -0.2) is 29.9 Å². The Balaban J connectivity index is 1.71. The molecule has 3 aromatic heterocycles. The minimum Gasteiger partial charge on any atom is -0.299 e. The van der Waals surface area contributed by atoms with E-state index in [1.165, 1.54) is 31.0 Å². The fraction of sp³-hybridized carbons (Fsp3) is 0.333. The van der Waals surface area contributed by atoms with Gasteiger partial charge in [0.2, 0.25) is 0 Å². The summed E-state index contributed by atoms with van der Waals surface area (Å²) >= 11 is 1.43. The Bertz CT molecular complexity index is 909. The van der Waals surface area contributed by atoms with Gasteiger partial charge in [0.15, 0.2) is 16.7 Å². The second-order valence-corrected chi connectivity index (χ2v) is 7.16. The van der Waals surface area contributed by atoms with Crippen LogP contribution < -0.4 is 0 Å². The molecular formula is C18H17N7S. The highest BCUT2D eigenvalue weighted by atomic mass is 32.2. The van der Waals surface area contributed by atoms with Crippen LogP contribution in [0.25, 0.3) is 11.4 Å². The maximum atomic E-state index is 8.87. The summed E-state index contributed by atoms with van der Waals surface area (Å²) < 4.78 is 2.24. The summed E-state index contributed by atoms with van der Waals surface area (Å²) in [6, 6.07) is 9.75. The molecule has 26 heavy (non-hydrogen) atoms. The maximum Gasteiger partial charge on any atom is 0.198 e. The Morgan fingerprint density at radius 1 is 0.962 bits per heavy atom. The van der Waals surface area contributed by atoms with Crippen LogP contribution in [0.15, 0.2) is 46.8 Å². The van der Waals surface area contributed by atoms with Crippen LogP contribution in [0.1, 0.15) is 43.8 Å². The summed E-state index contributed by atoms with van der Waals surface area (Å²) in [6.07, 6.45) is 9.53. The summed E-state index contributed by atoms with van der Waals surface area (Å²) in [4.78, 5) is 4.10. The first kappa shape index (κ1) is 16.7. The van der Waals surface area contributed by atoms with Crippen molar-refractivity contribution < 1.29 is 0 Å². The third kappa shape index (κ3) is 3.44. The molecule has 0 radical (unpaired) electrons. The van der Waals surface area contributed by atoms with Crippen molar-refractivity contribution >= 4 is 11.8 Å². The predicted molar refractivity (Wildman–Crippen MR) is 96.2 cm³/mol. The average Bonchev–Trinajstić information content (AvgIpc) is 3.13. The largest absolute Gasteiger partial charge is 0.299 e. The van der Waals surface area contributed by atoms with Crippen LogP contribution in [0, 0.1) is 11.3 Å². The molecule has 0 aliphatic heterocycles. The monoisotopic (exact) mass is 363 g/mol. The summed E-state index contributed by atoms with van der Waals surface area (Å²) in [5, 5.41) is 27.3. The summed E-state index contributed by atoms with van der Waals surface area (Å²) in [7, 11) is 0. The predicted octanol–water partition coefficient (Wildman–Crippen LogP) is 3.66. The fourth-order valence-corrected chi connectivity index (χ4v) is 4.06. The first-order chi connectivity index (χ1) is 12.8. The first-order valence-electron chi connectivity index (χ1n) is 8.62. The average molecular weight is 363 g/mol. The molecule has 3 heterocycles. The molecule has 0 N–H and O–H groups in total. The lowest BCUT2D eigenvalue weighted by atomic mass is 9.95. The van der Waals surface area contributed by atoms with Crippen molar-refractivity contribution in [3.05, 3.63) is 42.4 Å². The molecule has 0 atom stereocenters. The molecule has 7 nitrogen and oxygen atoms in total. The summed E-state index contributed by atoms with van der Waals surface area (Å²) in [5.41, 5.74) is 1.32. The van der Waals surface area contributed by atoms with Crippen LogP contribution in [0.2, 0.25) is 0 Å². The van der Waals surface area contributed by atoms with E-state index in [2.05, 4.69) is 29.9 Å². The van der Waals surface area contributed by atoms with E-state index in [4.69, 9.17) is 5.26 Å². The van der Waals surface area contributed by atoms with E-state index in [0.29, 0.717) is 16.8 Å². The van der Waals surface area contributed by atoms with Crippen LogP contribution in [-0.2, 0) is 0 Å². The smallest absolute Gasteiger partial charge is 0.198 e. The van der Waals surface area contributed by atoms with Gasteiger partial charge in [0, 0.05) is 24.0 Å². The van der Waals surface area contributed by atoms with Gasteiger partial charge in [-0.05, 0) is 48.9 Å². The van der Waals surface area contributed by atoms with Gasteiger partial charge in [-0.15, -0.1) is 20.4 Å². The zero-order valence-corrected chi connectivity index (χ0v) is 14.9. The lowest BCUT2D eigenvalue weighted by Crippen LogP contribution is -2.15.